The summed E-state index contributed by atoms with van der Waals surface area (Å²) < 4.78 is 28.3. The molecule has 3 N–H and O–H groups in total. The lowest BCUT2D eigenvalue weighted by atomic mass is 10.3. The number of nitrogens with one attached hydrogen (secondary N) is 1. The van der Waals surface area contributed by atoms with Gasteiger partial charge in [-0.15, -0.1) is 0 Å². The molecule has 0 aliphatic rings. The van der Waals surface area contributed by atoms with Crippen LogP contribution in [-0.4, -0.2) is 8.42 Å². The van der Waals surface area contributed by atoms with Gasteiger partial charge in [0.05, 0.1) is 11.4 Å². The maximum Gasteiger partial charge on any atom is 0.265 e. The molecule has 0 bridgehead atoms. The predicted molar refractivity (Wildman–Crippen MR) is 93.5 cm³/mol. The van der Waals surface area contributed by atoms with Gasteiger partial charge in [-0.3, -0.25) is 4.72 Å². The first kappa shape index (κ1) is 16.9. The standard InChI is InChI=1S/C12H8Br2Cl2N2O2S/c13-6-1-10(14)12(11(17)2-6)21(19,20)18-9-4-7(15)3-8(16)5-9/h1-5,18H,17H2. The molecule has 112 valence electrons. The number of hydrogen-bond donors (Lipinski definition) is 2. The fraction of sp³-hybridized carbons (Fsp3) is 0. The molecule has 2 aromatic carbocycles. The highest BCUT2D eigenvalue weighted by Crippen LogP contribution is 2.33. The van der Waals surface area contributed by atoms with Gasteiger partial charge in [-0.25, -0.2) is 8.42 Å². The molecule has 21 heavy (non-hydrogen) atoms. The van der Waals surface area contributed by atoms with Crippen molar-refractivity contribution < 1.29 is 8.42 Å². The molecule has 0 saturated carbocycles. The highest BCUT2D eigenvalue weighted by Gasteiger charge is 2.22. The quantitative estimate of drug-likeness (QED) is 0.621. The fourth-order valence-corrected chi connectivity index (χ4v) is 5.32. The van der Waals surface area contributed by atoms with E-state index >= 15 is 0 Å². The van der Waals surface area contributed by atoms with Gasteiger partial charge in [0.1, 0.15) is 4.90 Å². The Morgan fingerprint density at radius 2 is 1.57 bits per heavy atom. The van der Waals surface area contributed by atoms with E-state index < -0.39 is 10.0 Å². The third kappa shape index (κ3) is 4.04. The number of benzene rings is 2. The summed E-state index contributed by atoms with van der Waals surface area (Å²) in [6.45, 7) is 0. The summed E-state index contributed by atoms with van der Waals surface area (Å²) in [4.78, 5) is -0.0539. The van der Waals surface area contributed by atoms with Crippen LogP contribution in [-0.2, 0) is 10.0 Å². The largest absolute Gasteiger partial charge is 0.398 e. The Bertz CT molecular complexity index is 770. The molecule has 0 heterocycles. The van der Waals surface area contributed by atoms with Crippen LogP contribution in [0, 0.1) is 0 Å². The summed E-state index contributed by atoms with van der Waals surface area (Å²) in [5.41, 5.74) is 6.15. The second-order valence-electron chi connectivity index (χ2n) is 4.07. The summed E-state index contributed by atoms with van der Waals surface area (Å²) in [6.07, 6.45) is 0. The van der Waals surface area contributed by atoms with Gasteiger partial charge in [-0.05, 0) is 46.3 Å². The minimum atomic E-state index is -3.88. The van der Waals surface area contributed by atoms with Crippen molar-refractivity contribution in [2.75, 3.05) is 10.5 Å². The molecule has 4 nitrogen and oxygen atoms in total. The molecule has 0 aliphatic carbocycles. The van der Waals surface area contributed by atoms with E-state index in [1.807, 2.05) is 0 Å². The summed E-state index contributed by atoms with van der Waals surface area (Å²) in [7, 11) is -3.88. The van der Waals surface area contributed by atoms with Gasteiger partial charge in [-0.1, -0.05) is 39.1 Å². The van der Waals surface area contributed by atoms with Crippen LogP contribution in [0.3, 0.4) is 0 Å². The van der Waals surface area contributed by atoms with Crippen molar-refractivity contribution in [1.29, 1.82) is 0 Å². The van der Waals surface area contributed by atoms with E-state index in [9.17, 15) is 8.42 Å². The van der Waals surface area contributed by atoms with Gasteiger partial charge in [-0.2, -0.15) is 0 Å². The first-order valence-corrected chi connectivity index (χ1v) is 9.25. The Kier molecular flexibility index (Phi) is 5.10. The van der Waals surface area contributed by atoms with Crippen LogP contribution in [0.15, 0.2) is 44.2 Å². The molecular formula is C12H8Br2Cl2N2O2S. The third-order valence-electron chi connectivity index (χ3n) is 2.42. The minimum Gasteiger partial charge on any atom is -0.398 e. The lowest BCUT2D eigenvalue weighted by molar-refractivity contribution is 0.601. The van der Waals surface area contributed by atoms with Gasteiger partial charge in [0, 0.05) is 19.0 Å². The predicted octanol–water partition coefficient (Wildman–Crippen LogP) is 4.90. The van der Waals surface area contributed by atoms with E-state index in [-0.39, 0.29) is 16.3 Å². The molecule has 0 radical (unpaired) electrons. The number of sulfonamides is 1. The van der Waals surface area contributed by atoms with Crippen molar-refractivity contribution in [3.8, 4) is 0 Å². The number of halogens is 4. The molecule has 0 aromatic heterocycles. The van der Waals surface area contributed by atoms with E-state index in [0.717, 1.165) is 0 Å². The van der Waals surface area contributed by atoms with E-state index in [2.05, 4.69) is 36.6 Å². The number of hydrogen-bond acceptors (Lipinski definition) is 3. The molecule has 0 unspecified atom stereocenters. The van der Waals surface area contributed by atoms with Crippen molar-refractivity contribution in [3.05, 3.63) is 49.3 Å². The molecule has 0 saturated heterocycles. The summed E-state index contributed by atoms with van der Waals surface area (Å²) in [6, 6.07) is 7.51. The summed E-state index contributed by atoms with van der Waals surface area (Å²) in [5.74, 6) is 0. The summed E-state index contributed by atoms with van der Waals surface area (Å²) >= 11 is 18.1. The van der Waals surface area contributed by atoms with Crippen molar-refractivity contribution in [2.45, 2.75) is 4.90 Å². The zero-order valence-electron chi connectivity index (χ0n) is 10.2. The van der Waals surface area contributed by atoms with Crippen molar-refractivity contribution >= 4 is 76.5 Å². The van der Waals surface area contributed by atoms with E-state index in [0.29, 0.717) is 19.0 Å². The van der Waals surface area contributed by atoms with Crippen molar-refractivity contribution in [2.24, 2.45) is 0 Å². The highest BCUT2D eigenvalue weighted by molar-refractivity contribution is 9.11. The average Bonchev–Trinajstić information content (AvgIpc) is 2.23. The lowest BCUT2D eigenvalue weighted by Crippen LogP contribution is -2.15. The van der Waals surface area contributed by atoms with E-state index in [1.165, 1.54) is 24.3 Å². The third-order valence-corrected chi connectivity index (χ3v) is 5.70. The SMILES string of the molecule is Nc1cc(Br)cc(Br)c1S(=O)(=O)Nc1cc(Cl)cc(Cl)c1. The van der Waals surface area contributed by atoms with Crippen molar-refractivity contribution in [3.63, 3.8) is 0 Å². The van der Waals surface area contributed by atoms with E-state index in [4.69, 9.17) is 28.9 Å². The molecule has 0 atom stereocenters. The second-order valence-corrected chi connectivity index (χ2v) is 8.33. The Morgan fingerprint density at radius 1 is 1.00 bits per heavy atom. The normalized spacial score (nSPS) is 11.4. The molecule has 2 aromatic rings. The average molecular weight is 475 g/mol. The van der Waals surface area contributed by atoms with Crippen LogP contribution in [0.2, 0.25) is 10.0 Å². The fourth-order valence-electron chi connectivity index (χ4n) is 1.68. The highest BCUT2D eigenvalue weighted by atomic mass is 79.9. The molecule has 0 fully saturated rings. The molecular weight excluding hydrogens is 467 g/mol. The van der Waals surface area contributed by atoms with Gasteiger partial charge < -0.3 is 5.73 Å². The smallest absolute Gasteiger partial charge is 0.265 e. The van der Waals surface area contributed by atoms with E-state index in [1.54, 1.807) is 6.07 Å². The van der Waals surface area contributed by atoms with Gasteiger partial charge in [0.15, 0.2) is 0 Å². The molecule has 0 spiro atoms. The minimum absolute atomic E-state index is 0.0539. The Morgan fingerprint density at radius 3 is 2.10 bits per heavy atom. The molecule has 0 aliphatic heterocycles. The van der Waals surface area contributed by atoms with Crippen LogP contribution in [0.4, 0.5) is 11.4 Å². The number of anilines is 2. The topological polar surface area (TPSA) is 72.2 Å². The van der Waals surface area contributed by atoms with Crippen molar-refractivity contribution in [1.82, 2.24) is 0 Å². The summed E-state index contributed by atoms with van der Waals surface area (Å²) in [5, 5.41) is 0.645. The lowest BCUT2D eigenvalue weighted by Gasteiger charge is -2.13. The number of rotatable bonds is 3. The maximum atomic E-state index is 12.5. The zero-order chi connectivity index (χ0) is 15.8. The zero-order valence-corrected chi connectivity index (χ0v) is 15.7. The first-order valence-electron chi connectivity index (χ1n) is 5.42. The van der Waals surface area contributed by atoms with Gasteiger partial charge in [0.25, 0.3) is 10.0 Å². The Labute approximate surface area is 148 Å². The van der Waals surface area contributed by atoms with Crippen LogP contribution in [0.1, 0.15) is 0 Å². The monoisotopic (exact) mass is 472 g/mol. The number of nitrogen functional groups attached to an aromatic ring is 1. The van der Waals surface area contributed by atoms with Crippen LogP contribution in [0.25, 0.3) is 0 Å². The van der Waals surface area contributed by atoms with Crippen LogP contribution >= 0.6 is 55.1 Å². The van der Waals surface area contributed by atoms with Gasteiger partial charge in [0.2, 0.25) is 0 Å². The van der Waals surface area contributed by atoms with Gasteiger partial charge >= 0.3 is 0 Å². The Balaban J connectivity index is 2.48. The Hall–Kier alpha value is -0.470. The first-order chi connectivity index (χ1) is 9.69. The van der Waals surface area contributed by atoms with Crippen LogP contribution in [0.5, 0.6) is 0 Å². The second kappa shape index (κ2) is 6.34. The molecule has 2 rings (SSSR count). The number of nitrogens with two attached hydrogens (primary N) is 1. The molecule has 9 heteroatoms. The van der Waals surface area contributed by atoms with Crippen LogP contribution < -0.4 is 10.5 Å². The molecule has 0 amide bonds. The maximum absolute atomic E-state index is 12.5.